The topological polar surface area (TPSA) is 105 Å². The van der Waals surface area contributed by atoms with Gasteiger partial charge in [-0.05, 0) is 45.3 Å². The molecule has 10 heteroatoms. The molecule has 0 radical (unpaired) electrons. The molecule has 0 aliphatic carbocycles. The van der Waals surface area contributed by atoms with Crippen molar-refractivity contribution in [1.29, 1.82) is 0 Å². The first kappa shape index (κ1) is 24.4. The van der Waals surface area contributed by atoms with Gasteiger partial charge in [0.1, 0.15) is 16.7 Å². The van der Waals surface area contributed by atoms with Crippen molar-refractivity contribution in [2.24, 2.45) is 7.05 Å². The number of pyridine rings is 1. The number of ketones is 1. The van der Waals surface area contributed by atoms with E-state index in [4.69, 9.17) is 9.72 Å². The van der Waals surface area contributed by atoms with Gasteiger partial charge in [0.05, 0.1) is 37.3 Å². The molecule has 0 bridgehead atoms. The lowest BCUT2D eigenvalue weighted by Gasteiger charge is -2.30. The molecule has 2 aliphatic heterocycles. The Morgan fingerprint density at radius 2 is 1.97 bits per heavy atom. The van der Waals surface area contributed by atoms with Crippen molar-refractivity contribution in [1.82, 2.24) is 24.8 Å². The average molecular weight is 492 g/mol. The summed E-state index contributed by atoms with van der Waals surface area (Å²) >= 11 is 0. The molecule has 10 nitrogen and oxygen atoms in total. The van der Waals surface area contributed by atoms with Crippen LogP contribution < -0.4 is 21.1 Å². The van der Waals surface area contributed by atoms with Crippen LogP contribution in [-0.2, 0) is 16.6 Å². The summed E-state index contributed by atoms with van der Waals surface area (Å²) in [7, 11) is 5.42. The van der Waals surface area contributed by atoms with E-state index in [1.54, 1.807) is 7.05 Å². The zero-order valence-electron chi connectivity index (χ0n) is 21.1. The molecule has 190 valence electrons. The molecule has 36 heavy (non-hydrogen) atoms. The lowest BCUT2D eigenvalue weighted by Crippen LogP contribution is -2.52. The molecule has 0 unspecified atom stereocenters. The summed E-state index contributed by atoms with van der Waals surface area (Å²) in [4.78, 5) is 40.1. The van der Waals surface area contributed by atoms with E-state index in [0.29, 0.717) is 48.5 Å². The molecule has 0 spiro atoms. The summed E-state index contributed by atoms with van der Waals surface area (Å²) in [6.45, 7) is 4.67. The smallest absolute Gasteiger partial charge is 0.264 e. The number of morpholine rings is 1. The highest BCUT2D eigenvalue weighted by Crippen LogP contribution is 2.30. The lowest BCUT2D eigenvalue weighted by molar-refractivity contribution is -0.123. The van der Waals surface area contributed by atoms with E-state index >= 15 is 0 Å². The third kappa shape index (κ3) is 4.71. The highest BCUT2D eigenvalue weighted by Gasteiger charge is 2.41. The number of carbonyl (C=O) groups excluding carboxylic acids is 1. The predicted octanol–water partition coefficient (Wildman–Crippen LogP) is 1.11. The minimum atomic E-state index is -0.843. The summed E-state index contributed by atoms with van der Waals surface area (Å²) in [5, 5.41) is 7.11. The Morgan fingerprint density at radius 3 is 2.64 bits per heavy atom. The first-order valence-corrected chi connectivity index (χ1v) is 12.3. The summed E-state index contributed by atoms with van der Waals surface area (Å²) < 4.78 is 6.90. The molecule has 1 aromatic carbocycles. The molecule has 3 aromatic rings. The van der Waals surface area contributed by atoms with Gasteiger partial charge in [0, 0.05) is 37.9 Å². The number of Topliss-reactive ketones (excluding diaryl/α,β-unsaturated/α-hetero) is 1. The predicted molar refractivity (Wildman–Crippen MR) is 141 cm³/mol. The van der Waals surface area contributed by atoms with Crippen molar-refractivity contribution in [3.05, 3.63) is 47.0 Å². The van der Waals surface area contributed by atoms with Gasteiger partial charge < -0.3 is 29.7 Å². The number of rotatable bonds is 7. The van der Waals surface area contributed by atoms with Gasteiger partial charge in [0.25, 0.3) is 5.56 Å². The normalized spacial score (nSPS) is 20.3. The van der Waals surface area contributed by atoms with Gasteiger partial charge in [-0.25, -0.2) is 9.97 Å². The maximum atomic E-state index is 13.3. The highest BCUT2D eigenvalue weighted by molar-refractivity contribution is 5.97. The van der Waals surface area contributed by atoms with Crippen LogP contribution in [0.15, 0.2) is 41.5 Å². The summed E-state index contributed by atoms with van der Waals surface area (Å²) in [6.07, 6.45) is 2.13. The molecule has 5 rings (SSSR count). The van der Waals surface area contributed by atoms with Crippen LogP contribution in [0.2, 0.25) is 0 Å². The number of nitrogens with zero attached hydrogens (tertiary/aromatic N) is 5. The quantitative estimate of drug-likeness (QED) is 0.503. The van der Waals surface area contributed by atoms with Crippen molar-refractivity contribution >= 4 is 28.2 Å². The number of nitrogens with one attached hydrogen (secondary N) is 2. The molecule has 0 amide bonds. The van der Waals surface area contributed by atoms with Crippen LogP contribution in [0, 0.1) is 0 Å². The number of aryl methyl sites for hydroxylation is 1. The summed E-state index contributed by atoms with van der Waals surface area (Å²) in [5.74, 6) is 0.456. The first-order chi connectivity index (χ1) is 17.4. The summed E-state index contributed by atoms with van der Waals surface area (Å²) in [5.41, 5.74) is 2.25. The second-order valence-electron chi connectivity index (χ2n) is 9.85. The standard InChI is InChI=1S/C26H33N7O3/c1-31(2)15-22(34)26(8-9-27-16-26)30-24-23-21(28-17-32(3)25(23)35)14-20(29-24)18-4-6-19(7-5-18)33-10-12-36-13-11-33/h4-7,14,17,27H,8-13,15-16H2,1-3H3,(H,29,30)/t26-/m1/s1. The van der Waals surface area contributed by atoms with E-state index in [1.165, 1.54) is 10.9 Å². The van der Waals surface area contributed by atoms with E-state index in [1.807, 2.05) is 37.2 Å². The van der Waals surface area contributed by atoms with Crippen molar-refractivity contribution in [3.63, 3.8) is 0 Å². The maximum absolute atomic E-state index is 13.3. The molecule has 2 saturated heterocycles. The average Bonchev–Trinajstić information content (AvgIpc) is 3.36. The Labute approximate surface area is 210 Å². The molecule has 2 aromatic heterocycles. The van der Waals surface area contributed by atoms with Crippen molar-refractivity contribution in [2.75, 3.05) is 70.2 Å². The SMILES string of the molecule is CN(C)CC(=O)[C@@]1(Nc2nc(-c3ccc(N4CCOCC4)cc3)cc3ncn(C)c(=O)c23)CCNC1. The lowest BCUT2D eigenvalue weighted by atomic mass is 9.92. The molecule has 4 heterocycles. The molecular formula is C26H33N7O3. The minimum absolute atomic E-state index is 0.0634. The molecular weight excluding hydrogens is 458 g/mol. The van der Waals surface area contributed by atoms with Gasteiger partial charge in [-0.2, -0.15) is 0 Å². The largest absolute Gasteiger partial charge is 0.378 e. The van der Waals surface area contributed by atoms with Crippen molar-refractivity contribution in [3.8, 4) is 11.3 Å². The Balaban J connectivity index is 1.56. The second kappa shape index (κ2) is 9.96. The van der Waals surface area contributed by atoms with Crippen LogP contribution in [0.1, 0.15) is 6.42 Å². The first-order valence-electron chi connectivity index (χ1n) is 12.3. The fourth-order valence-electron chi connectivity index (χ4n) is 4.90. The van der Waals surface area contributed by atoms with Crippen LogP contribution >= 0.6 is 0 Å². The highest BCUT2D eigenvalue weighted by atomic mass is 16.5. The maximum Gasteiger partial charge on any atom is 0.264 e. The number of hydrogen-bond acceptors (Lipinski definition) is 9. The fourth-order valence-corrected chi connectivity index (χ4v) is 4.90. The molecule has 2 N–H and O–H groups in total. The Hall–Kier alpha value is -3.34. The molecule has 0 saturated carbocycles. The minimum Gasteiger partial charge on any atom is -0.378 e. The molecule has 2 fully saturated rings. The number of hydrogen-bond donors (Lipinski definition) is 2. The third-order valence-corrected chi connectivity index (χ3v) is 6.95. The van der Waals surface area contributed by atoms with Crippen LogP contribution in [0.4, 0.5) is 11.5 Å². The zero-order chi connectivity index (χ0) is 25.3. The number of likely N-dealkylation sites (N-methyl/N-ethyl adjacent to an activating group) is 1. The van der Waals surface area contributed by atoms with Crippen LogP contribution in [0.3, 0.4) is 0 Å². The van der Waals surface area contributed by atoms with Gasteiger partial charge in [0.15, 0.2) is 5.78 Å². The van der Waals surface area contributed by atoms with E-state index in [9.17, 15) is 9.59 Å². The van der Waals surface area contributed by atoms with Crippen LogP contribution in [0.5, 0.6) is 0 Å². The van der Waals surface area contributed by atoms with E-state index in [0.717, 1.165) is 37.6 Å². The van der Waals surface area contributed by atoms with E-state index in [-0.39, 0.29) is 11.3 Å². The molecule has 2 aliphatic rings. The Kier molecular flexibility index (Phi) is 6.74. The Bertz CT molecular complexity index is 1310. The van der Waals surface area contributed by atoms with Gasteiger partial charge in [-0.3, -0.25) is 9.59 Å². The third-order valence-electron chi connectivity index (χ3n) is 6.95. The fraction of sp³-hybridized carbons (Fsp3) is 0.462. The Morgan fingerprint density at radius 1 is 1.22 bits per heavy atom. The zero-order valence-corrected chi connectivity index (χ0v) is 21.1. The summed E-state index contributed by atoms with van der Waals surface area (Å²) in [6, 6.07) is 10.1. The van der Waals surface area contributed by atoms with Crippen LogP contribution in [-0.4, -0.2) is 90.8 Å². The number of ether oxygens (including phenoxy) is 1. The van der Waals surface area contributed by atoms with E-state index < -0.39 is 5.54 Å². The number of aromatic nitrogens is 3. The van der Waals surface area contributed by atoms with Crippen LogP contribution in [0.25, 0.3) is 22.2 Å². The van der Waals surface area contributed by atoms with Crippen molar-refractivity contribution < 1.29 is 9.53 Å². The van der Waals surface area contributed by atoms with Gasteiger partial charge in [-0.15, -0.1) is 0 Å². The van der Waals surface area contributed by atoms with Crippen molar-refractivity contribution in [2.45, 2.75) is 12.0 Å². The van der Waals surface area contributed by atoms with Gasteiger partial charge >= 0.3 is 0 Å². The number of fused-ring (bicyclic) bond motifs is 1. The van der Waals surface area contributed by atoms with Gasteiger partial charge in [0.2, 0.25) is 0 Å². The monoisotopic (exact) mass is 491 g/mol. The van der Waals surface area contributed by atoms with E-state index in [2.05, 4.69) is 32.7 Å². The number of carbonyl (C=O) groups is 1. The number of benzene rings is 1. The van der Waals surface area contributed by atoms with Gasteiger partial charge in [-0.1, -0.05) is 12.1 Å². The number of anilines is 2. The molecule has 1 atom stereocenters. The second-order valence-corrected chi connectivity index (χ2v) is 9.85.